The molecule has 1 aliphatic rings. The van der Waals surface area contributed by atoms with Crippen LogP contribution in [0.2, 0.25) is 0 Å². The summed E-state index contributed by atoms with van der Waals surface area (Å²) in [6, 6.07) is 4.19. The zero-order chi connectivity index (χ0) is 12.4. The molecule has 1 heterocycles. The molecule has 0 amide bonds. The van der Waals surface area contributed by atoms with E-state index in [9.17, 15) is 13.4 Å². The summed E-state index contributed by atoms with van der Waals surface area (Å²) < 4.78 is 29.2. The second-order valence-electron chi connectivity index (χ2n) is 3.80. The Labute approximate surface area is 99.8 Å². The Morgan fingerprint density at radius 2 is 2.35 bits per heavy atom. The quantitative estimate of drug-likeness (QED) is 0.741. The second-order valence-corrected chi connectivity index (χ2v) is 4.80. The maximum Gasteiger partial charge on any atom is 0.208 e. The first-order valence-electron chi connectivity index (χ1n) is 5.10. The van der Waals surface area contributed by atoms with Gasteiger partial charge in [-0.05, 0) is 42.5 Å². The van der Waals surface area contributed by atoms with Crippen molar-refractivity contribution in [3.63, 3.8) is 0 Å². The van der Waals surface area contributed by atoms with Gasteiger partial charge in [0.05, 0.1) is 5.37 Å². The fraction of sp³-hybridized carbons (Fsp3) is 0.250. The fourth-order valence-electron chi connectivity index (χ4n) is 1.76. The summed E-state index contributed by atoms with van der Waals surface area (Å²) in [5, 5.41) is 1.04. The standard InChI is InChI=1S/C12H11FO3S/c1-17(15)7-10(14)12-4-2-8-6-9(13)3-5-11(8)16-12/h3,5-7,12H,1-2,4H2. The first-order valence-corrected chi connectivity index (χ1v) is 6.48. The van der Waals surface area contributed by atoms with Gasteiger partial charge in [0.1, 0.15) is 11.6 Å². The highest BCUT2D eigenvalue weighted by atomic mass is 32.1. The average Bonchev–Trinajstić information content (AvgIpc) is 2.27. The number of fused-ring (bicyclic) bond motifs is 1. The third-order valence-electron chi connectivity index (χ3n) is 2.53. The van der Waals surface area contributed by atoms with Gasteiger partial charge in [-0.3, -0.25) is 4.79 Å². The zero-order valence-corrected chi connectivity index (χ0v) is 9.84. The molecule has 90 valence electrons. The minimum Gasteiger partial charge on any atom is -0.482 e. The Kier molecular flexibility index (Phi) is 3.28. The molecule has 0 radical (unpaired) electrons. The van der Waals surface area contributed by atoms with E-state index >= 15 is 0 Å². The number of hydrogen-bond acceptors (Lipinski definition) is 3. The predicted octanol–water partition coefficient (Wildman–Crippen LogP) is 1.07. The van der Waals surface area contributed by atoms with Crippen LogP contribution in [0.15, 0.2) is 18.2 Å². The van der Waals surface area contributed by atoms with Gasteiger partial charge in [0, 0.05) is 9.98 Å². The van der Waals surface area contributed by atoms with Gasteiger partial charge in [-0.15, -0.1) is 0 Å². The lowest BCUT2D eigenvalue weighted by Gasteiger charge is -2.23. The third-order valence-corrected chi connectivity index (χ3v) is 3.03. The molecular formula is C12H11FO3S. The highest BCUT2D eigenvalue weighted by Gasteiger charge is 2.24. The van der Waals surface area contributed by atoms with Gasteiger partial charge in [0.25, 0.3) is 0 Å². The Morgan fingerprint density at radius 3 is 3.06 bits per heavy atom. The minimum atomic E-state index is -1.52. The van der Waals surface area contributed by atoms with Crippen molar-refractivity contribution in [1.29, 1.82) is 0 Å². The Bertz CT molecular complexity index is 582. The van der Waals surface area contributed by atoms with Crippen molar-refractivity contribution in [2.75, 3.05) is 0 Å². The van der Waals surface area contributed by atoms with Crippen molar-refractivity contribution in [2.45, 2.75) is 18.9 Å². The molecule has 0 saturated carbocycles. The first kappa shape index (κ1) is 11.9. The molecule has 0 bridgehead atoms. The highest BCUT2D eigenvalue weighted by Crippen LogP contribution is 2.28. The molecule has 0 saturated heterocycles. The summed E-state index contributed by atoms with van der Waals surface area (Å²) in [5.41, 5.74) is 0.754. The van der Waals surface area contributed by atoms with Gasteiger partial charge in [-0.1, -0.05) is 0 Å². The molecule has 0 N–H and O–H groups in total. The summed E-state index contributed by atoms with van der Waals surface area (Å²) in [5.74, 6) is 3.08. The largest absolute Gasteiger partial charge is 0.482 e. The number of hydrogen-bond donors (Lipinski definition) is 0. The monoisotopic (exact) mass is 254 g/mol. The van der Waals surface area contributed by atoms with Crippen LogP contribution in [-0.4, -0.2) is 27.3 Å². The summed E-state index contributed by atoms with van der Waals surface area (Å²) in [7, 11) is -1.52. The number of aryl methyl sites for hydroxylation is 1. The van der Waals surface area contributed by atoms with E-state index in [0.29, 0.717) is 18.6 Å². The maximum absolute atomic E-state index is 12.9. The minimum absolute atomic E-state index is 0.317. The average molecular weight is 254 g/mol. The summed E-state index contributed by atoms with van der Waals surface area (Å²) in [6.45, 7) is 0. The van der Waals surface area contributed by atoms with E-state index in [2.05, 4.69) is 5.87 Å². The lowest BCUT2D eigenvalue weighted by molar-refractivity contribution is -0.119. The van der Waals surface area contributed by atoms with Crippen LogP contribution in [0.1, 0.15) is 12.0 Å². The fourth-order valence-corrected chi connectivity index (χ4v) is 2.17. The van der Waals surface area contributed by atoms with Gasteiger partial charge in [0.2, 0.25) is 5.78 Å². The number of rotatable bonds is 2. The lowest BCUT2D eigenvalue weighted by atomic mass is 10.0. The van der Waals surface area contributed by atoms with Gasteiger partial charge < -0.3 is 4.74 Å². The van der Waals surface area contributed by atoms with Crippen LogP contribution in [0.5, 0.6) is 5.75 Å². The number of carbonyl (C=O) groups is 1. The van der Waals surface area contributed by atoms with Crippen molar-refractivity contribution >= 4 is 27.0 Å². The second kappa shape index (κ2) is 4.71. The van der Waals surface area contributed by atoms with Crippen LogP contribution >= 0.6 is 0 Å². The molecule has 5 heteroatoms. The van der Waals surface area contributed by atoms with Crippen LogP contribution in [0.4, 0.5) is 4.39 Å². The highest BCUT2D eigenvalue weighted by molar-refractivity contribution is 7.82. The summed E-state index contributed by atoms with van der Waals surface area (Å²) >= 11 is 0. The molecule has 1 aliphatic heterocycles. The number of benzene rings is 1. The van der Waals surface area contributed by atoms with Gasteiger partial charge >= 0.3 is 0 Å². The normalized spacial score (nSPS) is 17.8. The molecule has 1 atom stereocenters. The van der Waals surface area contributed by atoms with Crippen molar-refractivity contribution in [1.82, 2.24) is 0 Å². The Morgan fingerprint density at radius 1 is 1.59 bits per heavy atom. The van der Waals surface area contributed by atoms with E-state index in [1.54, 1.807) is 0 Å². The third kappa shape index (κ3) is 2.74. The number of ether oxygens (including phenoxy) is 1. The van der Waals surface area contributed by atoms with E-state index in [0.717, 1.165) is 10.9 Å². The molecule has 0 aliphatic carbocycles. The number of ketones is 1. The SMILES string of the molecule is C=S(=O)=CC(=O)C1CCc2cc(F)ccc2O1. The van der Waals surface area contributed by atoms with Gasteiger partial charge in [-0.2, -0.15) is 0 Å². The number of Topliss-reactive ketones (excluding diaryl/α,β-unsaturated/α-hetero) is 1. The summed E-state index contributed by atoms with van der Waals surface area (Å²) in [4.78, 5) is 11.6. The predicted molar refractivity (Wildman–Crippen MR) is 65.5 cm³/mol. The van der Waals surface area contributed by atoms with Crippen molar-refractivity contribution < 1.29 is 18.1 Å². The molecule has 0 fully saturated rings. The lowest BCUT2D eigenvalue weighted by Crippen LogP contribution is -2.32. The van der Waals surface area contributed by atoms with Crippen LogP contribution in [-0.2, 0) is 21.2 Å². The molecule has 1 aromatic rings. The molecule has 2 rings (SSSR count). The molecule has 1 aromatic carbocycles. The Hall–Kier alpha value is -1.62. The van der Waals surface area contributed by atoms with Gasteiger partial charge in [0.15, 0.2) is 6.10 Å². The Balaban J connectivity index is 2.22. The summed E-state index contributed by atoms with van der Waals surface area (Å²) in [6.07, 6.45) is 0.392. The number of carbonyl (C=O) groups excluding carboxylic acids is 1. The van der Waals surface area contributed by atoms with Crippen molar-refractivity contribution in [3.05, 3.63) is 29.6 Å². The number of halogens is 1. The van der Waals surface area contributed by atoms with E-state index in [-0.39, 0.29) is 11.6 Å². The smallest absolute Gasteiger partial charge is 0.208 e. The van der Waals surface area contributed by atoms with E-state index in [1.807, 2.05) is 0 Å². The van der Waals surface area contributed by atoms with Crippen molar-refractivity contribution in [3.8, 4) is 5.75 Å². The maximum atomic E-state index is 12.9. The molecule has 1 unspecified atom stereocenters. The van der Waals surface area contributed by atoms with E-state index in [1.165, 1.54) is 18.2 Å². The van der Waals surface area contributed by atoms with Crippen LogP contribution < -0.4 is 4.74 Å². The van der Waals surface area contributed by atoms with E-state index in [4.69, 9.17) is 4.74 Å². The van der Waals surface area contributed by atoms with Crippen molar-refractivity contribution in [2.24, 2.45) is 0 Å². The van der Waals surface area contributed by atoms with Gasteiger partial charge in [-0.25, -0.2) is 8.60 Å². The first-order chi connectivity index (χ1) is 8.06. The molecule has 0 spiro atoms. The topological polar surface area (TPSA) is 43.4 Å². The van der Waals surface area contributed by atoms with Crippen LogP contribution in [0.25, 0.3) is 0 Å². The van der Waals surface area contributed by atoms with Crippen LogP contribution in [0.3, 0.4) is 0 Å². The molecule has 17 heavy (non-hydrogen) atoms. The molecule has 3 nitrogen and oxygen atoms in total. The van der Waals surface area contributed by atoms with E-state index < -0.39 is 16.1 Å². The van der Waals surface area contributed by atoms with Crippen LogP contribution in [0, 0.1) is 5.82 Å². The molecular weight excluding hydrogens is 243 g/mol. The zero-order valence-electron chi connectivity index (χ0n) is 9.02. The molecule has 0 aromatic heterocycles.